The minimum Gasteiger partial charge on any atom is -0.467 e. The summed E-state index contributed by atoms with van der Waals surface area (Å²) in [5.74, 6) is 1.72. The van der Waals surface area contributed by atoms with Crippen molar-refractivity contribution in [1.29, 1.82) is 0 Å². The summed E-state index contributed by atoms with van der Waals surface area (Å²) in [7, 11) is 0. The number of carbonyl (C=O) groups excluding carboxylic acids is 1. The van der Waals surface area contributed by atoms with Crippen LogP contribution in [-0.4, -0.2) is 16.0 Å². The molecule has 0 atom stereocenters. The van der Waals surface area contributed by atoms with E-state index in [1.165, 1.54) is 6.20 Å². The van der Waals surface area contributed by atoms with E-state index in [2.05, 4.69) is 20.8 Å². The van der Waals surface area contributed by atoms with Crippen molar-refractivity contribution in [1.82, 2.24) is 15.5 Å². The summed E-state index contributed by atoms with van der Waals surface area (Å²) in [6.07, 6.45) is 4.66. The highest BCUT2D eigenvalue weighted by Crippen LogP contribution is 2.16. The summed E-state index contributed by atoms with van der Waals surface area (Å²) < 4.78 is 10.1. The third kappa shape index (κ3) is 3.32. The standard InChI is InChI=1S/C15H14N4O3/c1-10-5-14(19-22-10)18-12-6-11(7-16-8-12)15(20)17-9-13-3-2-4-21-13/h2-8H,9H2,1H3,(H,17,20)(H,18,19). The molecule has 7 nitrogen and oxygen atoms in total. The minimum absolute atomic E-state index is 0.233. The topological polar surface area (TPSA) is 93.2 Å². The molecule has 3 rings (SSSR count). The fraction of sp³-hybridized carbons (Fsp3) is 0.133. The molecular formula is C15H14N4O3. The van der Waals surface area contributed by atoms with Gasteiger partial charge in [-0.3, -0.25) is 9.78 Å². The van der Waals surface area contributed by atoms with Crippen LogP contribution in [0.1, 0.15) is 21.9 Å². The van der Waals surface area contributed by atoms with Gasteiger partial charge in [-0.1, -0.05) is 5.16 Å². The quantitative estimate of drug-likeness (QED) is 0.752. The maximum Gasteiger partial charge on any atom is 0.253 e. The van der Waals surface area contributed by atoms with E-state index in [1.807, 2.05) is 0 Å². The largest absolute Gasteiger partial charge is 0.467 e. The average molecular weight is 298 g/mol. The van der Waals surface area contributed by atoms with Gasteiger partial charge in [-0.05, 0) is 25.1 Å². The average Bonchev–Trinajstić information content (AvgIpc) is 3.17. The number of rotatable bonds is 5. The second-order valence-corrected chi connectivity index (χ2v) is 4.67. The third-order valence-electron chi connectivity index (χ3n) is 2.90. The lowest BCUT2D eigenvalue weighted by molar-refractivity contribution is 0.0947. The summed E-state index contributed by atoms with van der Waals surface area (Å²) in [6.45, 7) is 2.13. The monoisotopic (exact) mass is 298 g/mol. The number of furan rings is 1. The molecule has 22 heavy (non-hydrogen) atoms. The lowest BCUT2D eigenvalue weighted by Crippen LogP contribution is -2.22. The lowest BCUT2D eigenvalue weighted by atomic mass is 10.2. The number of aromatic nitrogens is 2. The first kappa shape index (κ1) is 13.9. The molecule has 2 N–H and O–H groups in total. The molecule has 0 bridgehead atoms. The van der Waals surface area contributed by atoms with Gasteiger partial charge in [-0.2, -0.15) is 0 Å². The number of nitrogens with one attached hydrogen (secondary N) is 2. The zero-order chi connectivity index (χ0) is 15.4. The van der Waals surface area contributed by atoms with Gasteiger partial charge in [0.2, 0.25) is 0 Å². The van der Waals surface area contributed by atoms with Gasteiger partial charge < -0.3 is 19.6 Å². The molecule has 0 fully saturated rings. The molecule has 0 unspecified atom stereocenters. The highest BCUT2D eigenvalue weighted by molar-refractivity contribution is 5.94. The van der Waals surface area contributed by atoms with Crippen LogP contribution in [0.2, 0.25) is 0 Å². The van der Waals surface area contributed by atoms with Crippen molar-refractivity contribution in [2.45, 2.75) is 13.5 Å². The van der Waals surface area contributed by atoms with Crippen LogP contribution >= 0.6 is 0 Å². The highest BCUT2D eigenvalue weighted by atomic mass is 16.5. The smallest absolute Gasteiger partial charge is 0.253 e. The summed E-state index contributed by atoms with van der Waals surface area (Å²) in [5.41, 5.74) is 1.09. The predicted molar refractivity (Wildman–Crippen MR) is 78.6 cm³/mol. The first-order valence-electron chi connectivity index (χ1n) is 6.67. The van der Waals surface area contributed by atoms with E-state index in [-0.39, 0.29) is 5.91 Å². The van der Waals surface area contributed by atoms with Crippen molar-refractivity contribution in [3.63, 3.8) is 0 Å². The second kappa shape index (κ2) is 6.13. The minimum atomic E-state index is -0.233. The predicted octanol–water partition coefficient (Wildman–Crippen LogP) is 2.64. The number of amides is 1. The molecule has 0 aliphatic heterocycles. The Kier molecular flexibility index (Phi) is 3.86. The van der Waals surface area contributed by atoms with Crippen molar-refractivity contribution < 1.29 is 13.7 Å². The first-order valence-corrected chi connectivity index (χ1v) is 6.67. The zero-order valence-electron chi connectivity index (χ0n) is 11.9. The summed E-state index contributed by atoms with van der Waals surface area (Å²) in [5, 5.41) is 9.61. The van der Waals surface area contributed by atoms with E-state index in [0.717, 1.165) is 0 Å². The van der Waals surface area contributed by atoms with Gasteiger partial charge in [0.15, 0.2) is 5.82 Å². The van der Waals surface area contributed by atoms with Crippen LogP contribution in [0.5, 0.6) is 0 Å². The van der Waals surface area contributed by atoms with E-state index in [1.54, 1.807) is 43.6 Å². The van der Waals surface area contributed by atoms with Gasteiger partial charge in [-0.15, -0.1) is 0 Å². The summed E-state index contributed by atoms with van der Waals surface area (Å²) in [4.78, 5) is 16.1. The second-order valence-electron chi connectivity index (χ2n) is 4.67. The molecule has 0 saturated carbocycles. The van der Waals surface area contributed by atoms with E-state index in [9.17, 15) is 4.79 Å². The van der Waals surface area contributed by atoms with E-state index in [4.69, 9.17) is 8.94 Å². The van der Waals surface area contributed by atoms with Crippen LogP contribution in [0.15, 0.2) is 51.9 Å². The number of anilines is 2. The normalized spacial score (nSPS) is 10.4. The summed E-state index contributed by atoms with van der Waals surface area (Å²) >= 11 is 0. The van der Waals surface area contributed by atoms with Gasteiger partial charge in [0.05, 0.1) is 30.3 Å². The Morgan fingerprint density at radius 2 is 2.23 bits per heavy atom. The molecule has 0 radical (unpaired) electrons. The van der Waals surface area contributed by atoms with E-state index < -0.39 is 0 Å². The fourth-order valence-corrected chi connectivity index (χ4v) is 1.89. The van der Waals surface area contributed by atoms with Gasteiger partial charge in [0.1, 0.15) is 11.5 Å². The number of aryl methyl sites for hydroxylation is 1. The maximum absolute atomic E-state index is 12.1. The van der Waals surface area contributed by atoms with Crippen LogP contribution in [0.4, 0.5) is 11.5 Å². The van der Waals surface area contributed by atoms with Gasteiger partial charge in [0.25, 0.3) is 5.91 Å². The third-order valence-corrected chi connectivity index (χ3v) is 2.90. The molecule has 3 aromatic rings. The molecule has 3 aromatic heterocycles. The molecule has 0 saturated heterocycles. The van der Waals surface area contributed by atoms with Gasteiger partial charge >= 0.3 is 0 Å². The maximum atomic E-state index is 12.1. The number of nitrogens with zero attached hydrogens (tertiary/aromatic N) is 2. The highest BCUT2D eigenvalue weighted by Gasteiger charge is 2.08. The molecule has 112 valence electrons. The number of carbonyl (C=O) groups is 1. The Balaban J connectivity index is 1.66. The van der Waals surface area contributed by atoms with Crippen LogP contribution in [0, 0.1) is 6.92 Å². The first-order chi connectivity index (χ1) is 10.7. The Bertz CT molecular complexity index is 765. The van der Waals surface area contributed by atoms with E-state index in [0.29, 0.717) is 35.1 Å². The van der Waals surface area contributed by atoms with Crippen LogP contribution in [-0.2, 0) is 6.54 Å². The van der Waals surface area contributed by atoms with Crippen molar-refractivity contribution in [3.8, 4) is 0 Å². The SMILES string of the molecule is Cc1cc(Nc2cncc(C(=O)NCc3ccco3)c2)no1. The van der Waals surface area contributed by atoms with E-state index >= 15 is 0 Å². The van der Waals surface area contributed by atoms with Crippen molar-refractivity contribution in [2.75, 3.05) is 5.32 Å². The van der Waals surface area contributed by atoms with Gasteiger partial charge in [-0.25, -0.2) is 0 Å². The number of pyridine rings is 1. The van der Waals surface area contributed by atoms with Crippen LogP contribution in [0.3, 0.4) is 0 Å². The van der Waals surface area contributed by atoms with Crippen molar-refractivity contribution in [2.24, 2.45) is 0 Å². The Morgan fingerprint density at radius 1 is 1.32 bits per heavy atom. The zero-order valence-corrected chi connectivity index (χ0v) is 11.9. The Labute approximate surface area is 126 Å². The summed E-state index contributed by atoms with van der Waals surface area (Å²) in [6, 6.07) is 7.01. The molecule has 0 aromatic carbocycles. The molecule has 3 heterocycles. The molecular weight excluding hydrogens is 284 g/mol. The molecule has 0 spiro atoms. The van der Waals surface area contributed by atoms with Gasteiger partial charge in [0, 0.05) is 12.3 Å². The number of hydrogen-bond acceptors (Lipinski definition) is 6. The Hall–Kier alpha value is -3.09. The number of hydrogen-bond donors (Lipinski definition) is 2. The fourth-order valence-electron chi connectivity index (χ4n) is 1.89. The van der Waals surface area contributed by atoms with Crippen LogP contribution in [0.25, 0.3) is 0 Å². The molecule has 1 amide bonds. The van der Waals surface area contributed by atoms with Crippen molar-refractivity contribution >= 4 is 17.4 Å². The lowest BCUT2D eigenvalue weighted by Gasteiger charge is -2.06. The molecule has 0 aliphatic rings. The molecule has 7 heteroatoms. The van der Waals surface area contributed by atoms with Crippen LogP contribution < -0.4 is 10.6 Å². The Morgan fingerprint density at radius 3 is 2.95 bits per heavy atom. The molecule has 0 aliphatic carbocycles. The van der Waals surface area contributed by atoms with Crippen molar-refractivity contribution in [3.05, 3.63) is 60.0 Å².